The van der Waals surface area contributed by atoms with Crippen molar-refractivity contribution in [2.45, 2.75) is 26.7 Å². The largest absolute Gasteiger partial charge is 0.294 e. The summed E-state index contributed by atoms with van der Waals surface area (Å²) in [6.45, 7) is 5.81. The first-order valence-corrected chi connectivity index (χ1v) is 5.75. The van der Waals surface area contributed by atoms with Crippen LogP contribution in [0.25, 0.3) is 5.69 Å². The number of aromatic nitrogens is 2. The summed E-state index contributed by atoms with van der Waals surface area (Å²) in [5.41, 5.74) is 2.67. The van der Waals surface area contributed by atoms with Gasteiger partial charge in [0.25, 0.3) is 0 Å². The van der Waals surface area contributed by atoms with Gasteiger partial charge in [0, 0.05) is 17.5 Å². The molecule has 1 heterocycles. The Labute approximate surface area is 101 Å². The van der Waals surface area contributed by atoms with E-state index in [9.17, 15) is 4.79 Å². The molecular weight excluding hydrogens is 212 g/mol. The van der Waals surface area contributed by atoms with Gasteiger partial charge >= 0.3 is 0 Å². The molecule has 17 heavy (non-hydrogen) atoms. The van der Waals surface area contributed by atoms with E-state index in [-0.39, 0.29) is 5.78 Å². The number of hydrogen-bond acceptors (Lipinski definition) is 2. The summed E-state index contributed by atoms with van der Waals surface area (Å²) in [5.74, 6) is 0.434. The fraction of sp³-hybridized carbons (Fsp3) is 0.286. The van der Waals surface area contributed by atoms with Crippen LogP contribution in [0, 0.1) is 0 Å². The number of Topliss-reactive ketones (excluding diaryl/α,β-unsaturated/α-hetero) is 1. The summed E-state index contributed by atoms with van der Waals surface area (Å²) in [5, 5.41) is 4.32. The van der Waals surface area contributed by atoms with E-state index >= 15 is 0 Å². The van der Waals surface area contributed by atoms with Gasteiger partial charge in [0.15, 0.2) is 5.78 Å². The molecule has 0 fully saturated rings. The van der Waals surface area contributed by atoms with Crippen molar-refractivity contribution in [2.75, 3.05) is 0 Å². The number of carbonyl (C=O) groups is 1. The van der Waals surface area contributed by atoms with Crippen LogP contribution in [0.4, 0.5) is 0 Å². The Morgan fingerprint density at radius 1 is 1.24 bits per heavy atom. The molecule has 1 aromatic heterocycles. The van der Waals surface area contributed by atoms with E-state index in [4.69, 9.17) is 0 Å². The third-order valence-corrected chi connectivity index (χ3v) is 2.78. The number of hydrogen-bond donors (Lipinski definition) is 0. The quantitative estimate of drug-likeness (QED) is 0.756. The topological polar surface area (TPSA) is 34.9 Å². The Kier molecular flexibility index (Phi) is 3.09. The smallest absolute Gasteiger partial charge is 0.161 e. The summed E-state index contributed by atoms with van der Waals surface area (Å²) >= 11 is 0. The molecule has 3 heteroatoms. The molecule has 0 atom stereocenters. The molecule has 0 bridgehead atoms. The molecular formula is C14H16N2O. The van der Waals surface area contributed by atoms with Crippen LogP contribution in [0.3, 0.4) is 0 Å². The molecule has 88 valence electrons. The van der Waals surface area contributed by atoms with Crippen LogP contribution in [-0.2, 0) is 0 Å². The second-order valence-electron chi connectivity index (χ2n) is 4.40. The van der Waals surface area contributed by atoms with Crippen LogP contribution in [-0.4, -0.2) is 15.6 Å². The highest BCUT2D eigenvalue weighted by atomic mass is 16.1. The summed E-state index contributed by atoms with van der Waals surface area (Å²) in [6.07, 6.45) is 1.77. The van der Waals surface area contributed by atoms with Crippen molar-refractivity contribution in [1.29, 1.82) is 0 Å². The number of rotatable bonds is 3. The maximum absolute atomic E-state index is 11.6. The Morgan fingerprint density at radius 2 is 1.94 bits per heavy atom. The molecule has 3 nitrogen and oxygen atoms in total. The first-order chi connectivity index (χ1) is 8.11. The number of benzene rings is 1. The van der Waals surface area contributed by atoms with E-state index in [0.29, 0.717) is 11.5 Å². The maximum atomic E-state index is 11.6. The Hall–Kier alpha value is -1.90. The number of carbonyl (C=O) groups excluding carboxylic acids is 1. The highest BCUT2D eigenvalue weighted by molar-refractivity contribution is 5.97. The van der Waals surface area contributed by atoms with E-state index in [2.05, 4.69) is 18.9 Å². The third-order valence-electron chi connectivity index (χ3n) is 2.78. The van der Waals surface area contributed by atoms with Gasteiger partial charge in [-0.05, 0) is 31.0 Å². The van der Waals surface area contributed by atoms with Gasteiger partial charge in [-0.15, -0.1) is 0 Å². The lowest BCUT2D eigenvalue weighted by Crippen LogP contribution is -2.08. The highest BCUT2D eigenvalue weighted by Gasteiger charge is 2.13. The van der Waals surface area contributed by atoms with Gasteiger partial charge in [0.2, 0.25) is 0 Å². The molecule has 2 rings (SSSR count). The Bertz CT molecular complexity index is 541. The number of ketones is 1. The van der Waals surface area contributed by atoms with Crippen molar-refractivity contribution < 1.29 is 4.79 Å². The molecule has 2 aromatic rings. The van der Waals surface area contributed by atoms with E-state index in [1.165, 1.54) is 0 Å². The monoisotopic (exact) mass is 228 g/mol. The van der Waals surface area contributed by atoms with Gasteiger partial charge in [-0.25, -0.2) is 4.68 Å². The molecule has 0 spiro atoms. The first kappa shape index (κ1) is 11.6. The molecule has 0 amide bonds. The molecule has 1 aromatic carbocycles. The molecule has 0 radical (unpaired) electrons. The number of nitrogens with zero attached hydrogens (tertiary/aromatic N) is 2. The fourth-order valence-electron chi connectivity index (χ4n) is 1.91. The molecule has 0 saturated carbocycles. The highest BCUT2D eigenvalue weighted by Crippen LogP contribution is 2.21. The maximum Gasteiger partial charge on any atom is 0.161 e. The summed E-state index contributed by atoms with van der Waals surface area (Å²) in [4.78, 5) is 11.6. The van der Waals surface area contributed by atoms with E-state index < -0.39 is 0 Å². The van der Waals surface area contributed by atoms with Crippen molar-refractivity contribution in [3.8, 4) is 5.69 Å². The second kappa shape index (κ2) is 4.53. The first-order valence-electron chi connectivity index (χ1n) is 5.75. The van der Waals surface area contributed by atoms with Gasteiger partial charge < -0.3 is 0 Å². The van der Waals surface area contributed by atoms with Gasteiger partial charge in [-0.3, -0.25) is 4.79 Å². The van der Waals surface area contributed by atoms with Crippen LogP contribution in [0.2, 0.25) is 0 Å². The van der Waals surface area contributed by atoms with Crippen LogP contribution >= 0.6 is 0 Å². The van der Waals surface area contributed by atoms with Crippen LogP contribution in [0.1, 0.15) is 42.7 Å². The molecule has 0 saturated heterocycles. The van der Waals surface area contributed by atoms with Crippen molar-refractivity contribution in [2.24, 2.45) is 0 Å². The Balaban J connectivity index is 2.60. The molecule has 0 aliphatic heterocycles. The minimum absolute atomic E-state index is 0.0609. The van der Waals surface area contributed by atoms with Crippen LogP contribution < -0.4 is 0 Å². The normalized spacial score (nSPS) is 10.8. The lowest BCUT2D eigenvalue weighted by molar-refractivity contribution is 0.101. The van der Waals surface area contributed by atoms with E-state index in [0.717, 1.165) is 11.4 Å². The van der Waals surface area contributed by atoms with E-state index in [1.807, 2.05) is 35.0 Å². The van der Waals surface area contributed by atoms with Gasteiger partial charge in [-0.1, -0.05) is 26.0 Å². The molecule has 0 N–H and O–H groups in total. The second-order valence-corrected chi connectivity index (χ2v) is 4.40. The van der Waals surface area contributed by atoms with Crippen LogP contribution in [0.15, 0.2) is 36.5 Å². The average Bonchev–Trinajstić information content (AvgIpc) is 2.77. The zero-order valence-electron chi connectivity index (χ0n) is 10.3. The lowest BCUT2D eigenvalue weighted by atomic mass is 10.1. The summed E-state index contributed by atoms with van der Waals surface area (Å²) < 4.78 is 1.85. The fourth-order valence-corrected chi connectivity index (χ4v) is 1.91. The summed E-state index contributed by atoms with van der Waals surface area (Å²) in [6, 6.07) is 9.55. The predicted molar refractivity (Wildman–Crippen MR) is 67.7 cm³/mol. The summed E-state index contributed by atoms with van der Waals surface area (Å²) in [7, 11) is 0. The number of para-hydroxylation sites is 1. The average molecular weight is 228 g/mol. The van der Waals surface area contributed by atoms with Gasteiger partial charge in [0.05, 0.1) is 5.69 Å². The zero-order chi connectivity index (χ0) is 12.4. The third kappa shape index (κ3) is 2.13. The lowest BCUT2D eigenvalue weighted by Gasteiger charge is -2.12. The van der Waals surface area contributed by atoms with Crippen molar-refractivity contribution >= 4 is 5.78 Å². The molecule has 0 aliphatic rings. The van der Waals surface area contributed by atoms with E-state index in [1.54, 1.807) is 13.1 Å². The van der Waals surface area contributed by atoms with Crippen molar-refractivity contribution in [1.82, 2.24) is 9.78 Å². The Morgan fingerprint density at radius 3 is 2.59 bits per heavy atom. The standard InChI is InChI=1S/C14H16N2O/c1-10(2)13-8-9-15-16(13)14-7-5-4-6-12(14)11(3)17/h4-10H,1-3H3. The van der Waals surface area contributed by atoms with Crippen molar-refractivity contribution in [3.63, 3.8) is 0 Å². The van der Waals surface area contributed by atoms with Crippen LogP contribution in [0.5, 0.6) is 0 Å². The molecule has 0 aliphatic carbocycles. The van der Waals surface area contributed by atoms with Gasteiger partial charge in [0.1, 0.15) is 0 Å². The SMILES string of the molecule is CC(=O)c1ccccc1-n1nccc1C(C)C. The van der Waals surface area contributed by atoms with Gasteiger partial charge in [-0.2, -0.15) is 5.10 Å². The predicted octanol–water partition coefficient (Wildman–Crippen LogP) is 3.20. The minimum atomic E-state index is 0.0609. The minimum Gasteiger partial charge on any atom is -0.294 e. The molecule has 0 unspecified atom stereocenters. The zero-order valence-corrected chi connectivity index (χ0v) is 10.3. The van der Waals surface area contributed by atoms with Crippen molar-refractivity contribution in [3.05, 3.63) is 47.8 Å².